The van der Waals surface area contributed by atoms with Crippen molar-refractivity contribution in [3.8, 4) is 0 Å². The third-order valence-corrected chi connectivity index (χ3v) is 6.39. The van der Waals surface area contributed by atoms with Crippen molar-refractivity contribution < 1.29 is 13.2 Å². The fourth-order valence-electron chi connectivity index (χ4n) is 3.08. The molecule has 0 atom stereocenters. The van der Waals surface area contributed by atoms with Crippen LogP contribution in [0.2, 0.25) is 5.02 Å². The Hall–Kier alpha value is -2.83. The molecule has 0 saturated heterocycles. The molecule has 0 fully saturated rings. The first-order valence-corrected chi connectivity index (χ1v) is 10.1. The van der Waals surface area contributed by atoms with Crippen LogP contribution in [0.1, 0.15) is 5.56 Å². The molecule has 0 bridgehead atoms. The molecule has 0 aliphatic carbocycles. The highest BCUT2D eigenvalue weighted by molar-refractivity contribution is 7.94. The molecule has 1 aliphatic heterocycles. The van der Waals surface area contributed by atoms with Gasteiger partial charge < -0.3 is 0 Å². The molecular weight excluding hydrogens is 384 g/mol. The highest BCUT2D eigenvalue weighted by atomic mass is 35.5. The molecule has 0 unspecified atom stereocenters. The molecule has 27 heavy (non-hydrogen) atoms. The van der Waals surface area contributed by atoms with Crippen molar-refractivity contribution in [2.75, 3.05) is 9.21 Å². The van der Waals surface area contributed by atoms with Gasteiger partial charge in [-0.2, -0.15) is 4.31 Å². The number of carbonyl (C=O) groups excluding carboxylic acids is 1. The molecule has 0 radical (unpaired) electrons. The third kappa shape index (κ3) is 2.97. The zero-order valence-electron chi connectivity index (χ0n) is 14.1. The molecule has 7 heteroatoms. The van der Waals surface area contributed by atoms with Crippen LogP contribution in [-0.2, 0) is 16.6 Å². The van der Waals surface area contributed by atoms with Crippen molar-refractivity contribution in [3.05, 3.63) is 89.4 Å². The van der Waals surface area contributed by atoms with Crippen LogP contribution in [0, 0.1) is 0 Å². The fourth-order valence-corrected chi connectivity index (χ4v) is 4.96. The zero-order chi connectivity index (χ0) is 19.0. The SMILES string of the molecule is O=C1N(Cc2ccccc2)c2ccccc2S(=O)(=O)N1c1ccccc1Cl. The van der Waals surface area contributed by atoms with Crippen LogP contribution >= 0.6 is 11.6 Å². The standard InChI is InChI=1S/C20H15ClN2O3S/c21-16-10-4-5-11-17(16)23-20(24)22(14-15-8-2-1-3-9-15)18-12-6-7-13-19(18)27(23,25)26/h1-13H,14H2. The van der Waals surface area contributed by atoms with E-state index in [1.165, 1.54) is 17.0 Å². The van der Waals surface area contributed by atoms with Gasteiger partial charge in [0.2, 0.25) is 0 Å². The first-order chi connectivity index (χ1) is 13.0. The number of sulfonamides is 1. The van der Waals surface area contributed by atoms with Gasteiger partial charge in [-0.25, -0.2) is 13.2 Å². The van der Waals surface area contributed by atoms with Crippen LogP contribution in [0.4, 0.5) is 16.2 Å². The molecule has 0 spiro atoms. The van der Waals surface area contributed by atoms with Crippen molar-refractivity contribution >= 4 is 39.0 Å². The third-order valence-electron chi connectivity index (χ3n) is 4.33. The number of hydrogen-bond acceptors (Lipinski definition) is 3. The molecular formula is C20H15ClN2O3S. The van der Waals surface area contributed by atoms with E-state index in [2.05, 4.69) is 0 Å². The van der Waals surface area contributed by atoms with Crippen LogP contribution in [-0.4, -0.2) is 14.4 Å². The molecule has 3 aromatic carbocycles. The maximum absolute atomic E-state index is 13.3. The Kier molecular flexibility index (Phi) is 4.37. The van der Waals surface area contributed by atoms with Crippen LogP contribution in [0.15, 0.2) is 83.8 Å². The number of nitrogens with zero attached hydrogens (tertiary/aromatic N) is 2. The largest absolute Gasteiger partial charge is 0.343 e. The van der Waals surface area contributed by atoms with Gasteiger partial charge in [0, 0.05) is 0 Å². The highest BCUT2D eigenvalue weighted by Gasteiger charge is 2.43. The van der Waals surface area contributed by atoms with Crippen LogP contribution < -0.4 is 9.21 Å². The Morgan fingerprint density at radius 1 is 0.778 bits per heavy atom. The minimum atomic E-state index is -4.08. The topological polar surface area (TPSA) is 57.7 Å². The Bertz CT molecular complexity index is 1120. The minimum absolute atomic E-state index is 0.0699. The highest BCUT2D eigenvalue weighted by Crippen LogP contribution is 2.39. The first kappa shape index (κ1) is 17.6. The van der Waals surface area contributed by atoms with E-state index in [9.17, 15) is 13.2 Å². The molecule has 0 aromatic heterocycles. The monoisotopic (exact) mass is 398 g/mol. The summed E-state index contributed by atoms with van der Waals surface area (Å²) < 4.78 is 27.1. The fraction of sp³-hybridized carbons (Fsp3) is 0.0500. The van der Waals surface area contributed by atoms with E-state index in [4.69, 9.17) is 11.6 Å². The summed E-state index contributed by atoms with van der Waals surface area (Å²) >= 11 is 6.21. The average Bonchev–Trinajstić information content (AvgIpc) is 2.67. The maximum Gasteiger partial charge on any atom is 0.343 e. The molecule has 1 aliphatic rings. The van der Waals surface area contributed by atoms with Gasteiger partial charge in [0.25, 0.3) is 10.0 Å². The smallest absolute Gasteiger partial charge is 0.287 e. The van der Waals surface area contributed by atoms with Gasteiger partial charge in [0.1, 0.15) is 4.90 Å². The second-order valence-corrected chi connectivity index (χ2v) is 8.21. The van der Waals surface area contributed by atoms with Gasteiger partial charge in [-0.15, -0.1) is 0 Å². The maximum atomic E-state index is 13.3. The van der Waals surface area contributed by atoms with E-state index in [1.807, 2.05) is 30.3 Å². The lowest BCUT2D eigenvalue weighted by molar-refractivity contribution is 0.253. The molecule has 0 saturated carbocycles. The van der Waals surface area contributed by atoms with E-state index < -0.39 is 16.1 Å². The number of anilines is 2. The van der Waals surface area contributed by atoms with E-state index in [-0.39, 0.29) is 22.2 Å². The summed E-state index contributed by atoms with van der Waals surface area (Å²) in [5, 5.41) is 0.188. The molecule has 2 amide bonds. The van der Waals surface area contributed by atoms with E-state index >= 15 is 0 Å². The molecule has 4 rings (SSSR count). The van der Waals surface area contributed by atoms with E-state index in [0.717, 1.165) is 9.87 Å². The average molecular weight is 399 g/mol. The first-order valence-electron chi connectivity index (χ1n) is 8.24. The van der Waals surface area contributed by atoms with Crippen LogP contribution in [0.25, 0.3) is 0 Å². The second-order valence-electron chi connectivity index (χ2n) is 6.04. The van der Waals surface area contributed by atoms with Crippen molar-refractivity contribution in [2.24, 2.45) is 0 Å². The van der Waals surface area contributed by atoms with Crippen molar-refractivity contribution in [1.29, 1.82) is 0 Å². The molecule has 136 valence electrons. The second kappa shape index (κ2) is 6.72. The Morgan fingerprint density at radius 2 is 1.37 bits per heavy atom. The number of hydrogen-bond donors (Lipinski definition) is 0. The van der Waals surface area contributed by atoms with Gasteiger partial charge in [0.15, 0.2) is 0 Å². The summed E-state index contributed by atoms with van der Waals surface area (Å²) in [4.78, 5) is 14.8. The number of amides is 2. The normalized spacial score (nSPS) is 15.5. The Morgan fingerprint density at radius 3 is 2.07 bits per heavy atom. The van der Waals surface area contributed by atoms with E-state index in [0.29, 0.717) is 5.69 Å². The van der Waals surface area contributed by atoms with Crippen LogP contribution in [0.5, 0.6) is 0 Å². The summed E-state index contributed by atoms with van der Waals surface area (Å²) in [6.07, 6.45) is 0. The predicted octanol–water partition coefficient (Wildman–Crippen LogP) is 4.68. The summed E-state index contributed by atoms with van der Waals surface area (Å²) in [5.74, 6) is 0. The summed E-state index contributed by atoms with van der Waals surface area (Å²) in [5.41, 5.74) is 1.38. The number of benzene rings is 3. The number of urea groups is 1. The van der Waals surface area contributed by atoms with Gasteiger partial charge in [-0.05, 0) is 29.8 Å². The number of carbonyl (C=O) groups is 1. The Balaban J connectivity index is 1.90. The molecule has 5 nitrogen and oxygen atoms in total. The summed E-state index contributed by atoms with van der Waals surface area (Å²) in [6.45, 7) is 0.243. The van der Waals surface area contributed by atoms with Crippen molar-refractivity contribution in [1.82, 2.24) is 0 Å². The van der Waals surface area contributed by atoms with Gasteiger partial charge in [0.05, 0.1) is 22.9 Å². The van der Waals surface area contributed by atoms with Crippen LogP contribution in [0.3, 0.4) is 0 Å². The summed E-state index contributed by atoms with van der Waals surface area (Å²) in [7, 11) is -4.08. The van der Waals surface area contributed by atoms with E-state index in [1.54, 1.807) is 36.4 Å². The summed E-state index contributed by atoms with van der Waals surface area (Å²) in [6, 6.07) is 21.6. The lowest BCUT2D eigenvalue weighted by Crippen LogP contribution is -2.50. The van der Waals surface area contributed by atoms with Gasteiger partial charge in [-0.1, -0.05) is 66.2 Å². The van der Waals surface area contributed by atoms with Crippen molar-refractivity contribution in [3.63, 3.8) is 0 Å². The number of rotatable bonds is 3. The number of halogens is 1. The lowest BCUT2D eigenvalue weighted by Gasteiger charge is -2.36. The minimum Gasteiger partial charge on any atom is -0.287 e. The zero-order valence-corrected chi connectivity index (χ0v) is 15.7. The molecule has 3 aromatic rings. The predicted molar refractivity (Wildman–Crippen MR) is 106 cm³/mol. The Labute approximate surface area is 162 Å². The lowest BCUT2D eigenvalue weighted by atomic mass is 10.2. The van der Waals surface area contributed by atoms with Gasteiger partial charge in [-0.3, -0.25) is 4.90 Å². The number of fused-ring (bicyclic) bond motifs is 1. The van der Waals surface area contributed by atoms with Gasteiger partial charge >= 0.3 is 6.03 Å². The number of para-hydroxylation sites is 2. The quantitative estimate of drug-likeness (QED) is 0.643. The molecule has 0 N–H and O–H groups in total. The molecule has 1 heterocycles. The van der Waals surface area contributed by atoms with Crippen molar-refractivity contribution in [2.45, 2.75) is 11.4 Å².